The molecule has 0 fully saturated rings. The van der Waals surface area contributed by atoms with Crippen LogP contribution < -0.4 is 31.3 Å². The summed E-state index contributed by atoms with van der Waals surface area (Å²) in [5.74, 6) is 14.1. The summed E-state index contributed by atoms with van der Waals surface area (Å²) in [5, 5.41) is 3.58. The number of aryl methyl sites for hydroxylation is 1. The van der Waals surface area contributed by atoms with Gasteiger partial charge in [0, 0.05) is 18.5 Å². The first-order valence-electron chi connectivity index (χ1n) is 12.6. The zero-order valence-corrected chi connectivity index (χ0v) is 22.4. The van der Waals surface area contributed by atoms with Gasteiger partial charge < -0.3 is 29.9 Å². The number of rotatable bonds is 11. The predicted octanol–water partition coefficient (Wildman–Crippen LogP) is 4.02. The SMILES string of the molecule is COc1ccc(OC(=O)N(C/C(=N/N)NN)Cc2ccc(OCCc3nc(-c4ccccc4)oc3C)cc2)cc1. The number of hydrazone groups is 1. The van der Waals surface area contributed by atoms with Gasteiger partial charge in [-0.15, -0.1) is 0 Å². The maximum Gasteiger partial charge on any atom is 0.415 e. The molecule has 40 heavy (non-hydrogen) atoms. The van der Waals surface area contributed by atoms with Gasteiger partial charge in [0.1, 0.15) is 23.0 Å². The molecular weight excluding hydrogens is 512 g/mol. The number of nitrogens with zero attached hydrogens (tertiary/aromatic N) is 3. The molecule has 1 aromatic heterocycles. The second-order valence-corrected chi connectivity index (χ2v) is 8.75. The molecule has 0 spiro atoms. The van der Waals surface area contributed by atoms with Crippen LogP contribution in [0, 0.1) is 6.92 Å². The van der Waals surface area contributed by atoms with E-state index in [1.54, 1.807) is 31.4 Å². The van der Waals surface area contributed by atoms with Gasteiger partial charge in [0.15, 0.2) is 5.84 Å². The third kappa shape index (κ3) is 7.51. The van der Waals surface area contributed by atoms with Crippen LogP contribution in [0.25, 0.3) is 11.5 Å². The number of oxazole rings is 1. The summed E-state index contributed by atoms with van der Waals surface area (Å²) in [7, 11) is 1.56. The number of benzene rings is 3. The van der Waals surface area contributed by atoms with Crippen molar-refractivity contribution in [2.24, 2.45) is 16.8 Å². The number of hydrogen-bond donors (Lipinski definition) is 3. The molecule has 0 atom stereocenters. The van der Waals surface area contributed by atoms with E-state index in [9.17, 15) is 4.79 Å². The van der Waals surface area contributed by atoms with Gasteiger partial charge in [0.05, 0.1) is 26.0 Å². The number of hydrazine groups is 1. The maximum atomic E-state index is 13.0. The molecule has 0 radical (unpaired) electrons. The third-order valence-electron chi connectivity index (χ3n) is 6.00. The fourth-order valence-corrected chi connectivity index (χ4v) is 3.84. The molecule has 0 aliphatic carbocycles. The number of hydrogen-bond acceptors (Lipinski definition) is 9. The summed E-state index contributed by atoms with van der Waals surface area (Å²) >= 11 is 0. The molecule has 4 aromatic rings. The Morgan fingerprint density at radius 3 is 2.33 bits per heavy atom. The molecule has 1 amide bonds. The fraction of sp³-hybridized carbons (Fsp3) is 0.207. The Morgan fingerprint density at radius 2 is 1.68 bits per heavy atom. The van der Waals surface area contributed by atoms with Crippen LogP contribution in [0.4, 0.5) is 4.79 Å². The number of amidine groups is 1. The summed E-state index contributed by atoms with van der Waals surface area (Å²) in [4.78, 5) is 19.0. The number of aromatic nitrogens is 1. The van der Waals surface area contributed by atoms with E-state index in [2.05, 4.69) is 15.5 Å². The zero-order valence-electron chi connectivity index (χ0n) is 22.4. The maximum absolute atomic E-state index is 13.0. The van der Waals surface area contributed by atoms with Gasteiger partial charge in [-0.25, -0.2) is 15.6 Å². The minimum absolute atomic E-state index is 0.0161. The van der Waals surface area contributed by atoms with Crippen molar-refractivity contribution < 1.29 is 23.4 Å². The van der Waals surface area contributed by atoms with E-state index in [0.717, 1.165) is 22.6 Å². The highest BCUT2D eigenvalue weighted by Gasteiger charge is 2.19. The topological polar surface area (TPSA) is 150 Å². The van der Waals surface area contributed by atoms with Crippen molar-refractivity contribution in [3.05, 3.63) is 95.9 Å². The molecule has 0 unspecified atom stereocenters. The van der Waals surface area contributed by atoms with Crippen LogP contribution in [-0.4, -0.2) is 42.1 Å². The molecule has 4 rings (SSSR count). The lowest BCUT2D eigenvalue weighted by Gasteiger charge is -2.22. The van der Waals surface area contributed by atoms with E-state index in [4.69, 9.17) is 30.3 Å². The lowest BCUT2D eigenvalue weighted by atomic mass is 10.2. The van der Waals surface area contributed by atoms with E-state index in [1.165, 1.54) is 4.90 Å². The quantitative estimate of drug-likeness (QED) is 0.110. The van der Waals surface area contributed by atoms with Gasteiger partial charge in [0.2, 0.25) is 5.89 Å². The van der Waals surface area contributed by atoms with E-state index in [-0.39, 0.29) is 18.9 Å². The van der Waals surface area contributed by atoms with Crippen LogP contribution in [-0.2, 0) is 13.0 Å². The number of nitrogens with two attached hydrogens (primary N) is 2. The Labute approximate surface area is 232 Å². The minimum atomic E-state index is -0.597. The second-order valence-electron chi connectivity index (χ2n) is 8.75. The Morgan fingerprint density at radius 1 is 1.00 bits per heavy atom. The Balaban J connectivity index is 1.35. The van der Waals surface area contributed by atoms with Gasteiger partial charge in [-0.2, -0.15) is 5.10 Å². The van der Waals surface area contributed by atoms with Gasteiger partial charge in [-0.3, -0.25) is 4.90 Å². The highest BCUT2D eigenvalue weighted by molar-refractivity contribution is 5.86. The highest BCUT2D eigenvalue weighted by Crippen LogP contribution is 2.22. The lowest BCUT2D eigenvalue weighted by Crippen LogP contribution is -2.44. The number of carbonyl (C=O) groups is 1. The largest absolute Gasteiger partial charge is 0.497 e. The summed E-state index contributed by atoms with van der Waals surface area (Å²) < 4.78 is 22.4. The van der Waals surface area contributed by atoms with Crippen LogP contribution in [0.1, 0.15) is 17.0 Å². The Kier molecular flexibility index (Phi) is 9.57. The lowest BCUT2D eigenvalue weighted by molar-refractivity contribution is 0.156. The van der Waals surface area contributed by atoms with Crippen molar-refractivity contribution in [3.63, 3.8) is 0 Å². The predicted molar refractivity (Wildman–Crippen MR) is 151 cm³/mol. The summed E-state index contributed by atoms with van der Waals surface area (Å²) in [5.41, 5.74) is 5.02. The number of amides is 1. The van der Waals surface area contributed by atoms with Crippen molar-refractivity contribution in [2.75, 3.05) is 20.3 Å². The van der Waals surface area contributed by atoms with E-state index < -0.39 is 6.09 Å². The fourth-order valence-electron chi connectivity index (χ4n) is 3.84. The van der Waals surface area contributed by atoms with Crippen LogP contribution in [0.2, 0.25) is 0 Å². The molecule has 5 N–H and O–H groups in total. The first kappa shape index (κ1) is 28.0. The Bertz CT molecular complexity index is 1410. The van der Waals surface area contributed by atoms with Crippen molar-refractivity contribution in [1.29, 1.82) is 0 Å². The van der Waals surface area contributed by atoms with Gasteiger partial charge in [0.25, 0.3) is 0 Å². The van der Waals surface area contributed by atoms with Crippen LogP contribution in [0.3, 0.4) is 0 Å². The molecule has 3 aromatic carbocycles. The van der Waals surface area contributed by atoms with Crippen LogP contribution in [0.5, 0.6) is 17.2 Å². The number of ether oxygens (including phenoxy) is 3. The van der Waals surface area contributed by atoms with E-state index >= 15 is 0 Å². The van der Waals surface area contributed by atoms with Crippen molar-refractivity contribution >= 4 is 11.9 Å². The minimum Gasteiger partial charge on any atom is -0.497 e. The molecule has 0 bridgehead atoms. The first-order valence-corrected chi connectivity index (χ1v) is 12.6. The standard InChI is InChI=1S/C29H32N6O5/c1-20-26(32-28(39-20)22-6-4-3-5-7-22)16-17-38-24-10-8-21(9-11-24)18-35(19-27(33-30)34-31)29(36)40-25-14-12-23(37-2)13-15-25/h3-15H,16-19,30-31H2,1-2H3,(H,33,34). The molecule has 0 aliphatic rings. The second kappa shape index (κ2) is 13.7. The highest BCUT2D eigenvalue weighted by atomic mass is 16.6. The normalized spacial score (nSPS) is 11.1. The average Bonchev–Trinajstić information content (AvgIpc) is 3.37. The number of carbonyl (C=O) groups excluding carboxylic acids is 1. The van der Waals surface area contributed by atoms with E-state index in [0.29, 0.717) is 36.2 Å². The smallest absolute Gasteiger partial charge is 0.415 e. The molecule has 0 saturated carbocycles. The van der Waals surface area contributed by atoms with Crippen molar-refractivity contribution in [1.82, 2.24) is 15.3 Å². The molecular formula is C29H32N6O5. The van der Waals surface area contributed by atoms with Crippen molar-refractivity contribution in [3.8, 4) is 28.7 Å². The molecule has 0 aliphatic heterocycles. The van der Waals surface area contributed by atoms with Crippen LogP contribution in [0.15, 0.2) is 88.4 Å². The third-order valence-corrected chi connectivity index (χ3v) is 6.00. The van der Waals surface area contributed by atoms with Gasteiger partial charge >= 0.3 is 6.09 Å². The average molecular weight is 545 g/mol. The number of methoxy groups -OCH3 is 1. The molecule has 1 heterocycles. The van der Waals surface area contributed by atoms with E-state index in [1.807, 2.05) is 61.5 Å². The summed E-state index contributed by atoms with van der Waals surface area (Å²) in [6.07, 6.45) is 0.00193. The molecule has 208 valence electrons. The monoisotopic (exact) mass is 544 g/mol. The molecule has 11 heteroatoms. The number of nitrogens with one attached hydrogen (secondary N) is 1. The van der Waals surface area contributed by atoms with Gasteiger partial charge in [-0.05, 0) is 61.0 Å². The van der Waals surface area contributed by atoms with Gasteiger partial charge in [-0.1, -0.05) is 30.3 Å². The summed E-state index contributed by atoms with van der Waals surface area (Å²) in [6.45, 7) is 2.56. The first-order chi connectivity index (χ1) is 19.5. The van der Waals surface area contributed by atoms with Crippen LogP contribution >= 0.6 is 0 Å². The Hall–Kier alpha value is -5.03. The zero-order chi connectivity index (χ0) is 28.3. The van der Waals surface area contributed by atoms with Crippen molar-refractivity contribution in [2.45, 2.75) is 19.9 Å². The molecule has 0 saturated heterocycles. The molecule has 11 nitrogen and oxygen atoms in total. The summed E-state index contributed by atoms with van der Waals surface area (Å²) in [6, 6.07) is 23.9.